The first-order chi connectivity index (χ1) is 8.54. The summed E-state index contributed by atoms with van der Waals surface area (Å²) in [6.45, 7) is 4.25. The number of rotatable bonds is 7. The molecule has 100 valence electrons. The molecule has 1 aromatic carbocycles. The SMILES string of the molecule is CCSCCC(C)Nc1ccc(C(=O)O)c(Cl)c1. The van der Waals surface area contributed by atoms with Gasteiger partial charge in [-0.15, -0.1) is 0 Å². The smallest absolute Gasteiger partial charge is 0.337 e. The van der Waals surface area contributed by atoms with Gasteiger partial charge in [0.15, 0.2) is 0 Å². The van der Waals surface area contributed by atoms with Crippen molar-refractivity contribution >= 4 is 35.0 Å². The summed E-state index contributed by atoms with van der Waals surface area (Å²) >= 11 is 7.82. The summed E-state index contributed by atoms with van der Waals surface area (Å²) in [4.78, 5) is 10.8. The number of carbonyl (C=O) groups is 1. The third-order valence-corrected chi connectivity index (χ3v) is 3.76. The van der Waals surface area contributed by atoms with E-state index in [-0.39, 0.29) is 10.6 Å². The molecular formula is C13H18ClNO2S. The van der Waals surface area contributed by atoms with Crippen LogP contribution < -0.4 is 5.32 Å². The van der Waals surface area contributed by atoms with Gasteiger partial charge in [0, 0.05) is 11.7 Å². The van der Waals surface area contributed by atoms with Gasteiger partial charge in [-0.2, -0.15) is 11.8 Å². The third-order valence-electron chi connectivity index (χ3n) is 2.51. The monoisotopic (exact) mass is 287 g/mol. The highest BCUT2D eigenvalue weighted by molar-refractivity contribution is 7.99. The lowest BCUT2D eigenvalue weighted by molar-refractivity contribution is 0.0697. The molecule has 0 heterocycles. The largest absolute Gasteiger partial charge is 0.478 e. The number of thioether (sulfide) groups is 1. The van der Waals surface area contributed by atoms with Crippen molar-refractivity contribution in [3.63, 3.8) is 0 Å². The Morgan fingerprint density at radius 3 is 2.83 bits per heavy atom. The van der Waals surface area contributed by atoms with Crippen molar-refractivity contribution in [1.29, 1.82) is 0 Å². The molecule has 1 unspecified atom stereocenters. The van der Waals surface area contributed by atoms with Crippen molar-refractivity contribution in [2.45, 2.75) is 26.3 Å². The molecule has 18 heavy (non-hydrogen) atoms. The van der Waals surface area contributed by atoms with E-state index in [1.807, 2.05) is 11.8 Å². The van der Waals surface area contributed by atoms with Gasteiger partial charge < -0.3 is 10.4 Å². The van der Waals surface area contributed by atoms with E-state index in [0.717, 1.165) is 23.6 Å². The van der Waals surface area contributed by atoms with Gasteiger partial charge >= 0.3 is 5.97 Å². The predicted molar refractivity (Wildman–Crippen MR) is 79.1 cm³/mol. The molecular weight excluding hydrogens is 270 g/mol. The van der Waals surface area contributed by atoms with Gasteiger partial charge in [-0.1, -0.05) is 18.5 Å². The van der Waals surface area contributed by atoms with Gasteiger partial charge in [0.25, 0.3) is 0 Å². The maximum Gasteiger partial charge on any atom is 0.337 e. The number of halogens is 1. The van der Waals surface area contributed by atoms with E-state index in [1.165, 1.54) is 6.07 Å². The van der Waals surface area contributed by atoms with Crippen LogP contribution in [0, 0.1) is 0 Å². The number of carboxylic acid groups (broad SMARTS) is 1. The molecule has 2 N–H and O–H groups in total. The second-order valence-corrected chi connectivity index (χ2v) is 5.83. The quantitative estimate of drug-likeness (QED) is 0.745. The van der Waals surface area contributed by atoms with Crippen molar-refractivity contribution in [2.75, 3.05) is 16.8 Å². The van der Waals surface area contributed by atoms with Gasteiger partial charge in [0.2, 0.25) is 0 Å². The van der Waals surface area contributed by atoms with E-state index < -0.39 is 5.97 Å². The molecule has 0 saturated heterocycles. The summed E-state index contributed by atoms with van der Waals surface area (Å²) in [5, 5.41) is 12.5. The van der Waals surface area contributed by atoms with E-state index in [1.54, 1.807) is 12.1 Å². The van der Waals surface area contributed by atoms with Gasteiger partial charge in [-0.3, -0.25) is 0 Å². The molecule has 0 fully saturated rings. The van der Waals surface area contributed by atoms with E-state index in [2.05, 4.69) is 19.2 Å². The lowest BCUT2D eigenvalue weighted by atomic mass is 10.2. The van der Waals surface area contributed by atoms with Crippen molar-refractivity contribution in [2.24, 2.45) is 0 Å². The number of hydrogen-bond acceptors (Lipinski definition) is 3. The van der Waals surface area contributed by atoms with Crippen LogP contribution in [0.15, 0.2) is 18.2 Å². The predicted octanol–water partition coefficient (Wildman–Crippen LogP) is 3.98. The van der Waals surface area contributed by atoms with Gasteiger partial charge in [0.1, 0.15) is 0 Å². The van der Waals surface area contributed by atoms with Crippen LogP contribution in [0.4, 0.5) is 5.69 Å². The summed E-state index contributed by atoms with van der Waals surface area (Å²) in [7, 11) is 0. The van der Waals surface area contributed by atoms with Crippen LogP contribution in [0.3, 0.4) is 0 Å². The van der Waals surface area contributed by atoms with Gasteiger partial charge in [0.05, 0.1) is 10.6 Å². The number of benzene rings is 1. The highest BCUT2D eigenvalue weighted by Gasteiger charge is 2.09. The number of anilines is 1. The Bertz CT molecular complexity index is 412. The molecule has 0 spiro atoms. The van der Waals surface area contributed by atoms with E-state index >= 15 is 0 Å². The zero-order chi connectivity index (χ0) is 13.5. The van der Waals surface area contributed by atoms with Gasteiger partial charge in [-0.25, -0.2) is 4.79 Å². The summed E-state index contributed by atoms with van der Waals surface area (Å²) in [6, 6.07) is 5.28. The molecule has 0 saturated carbocycles. The summed E-state index contributed by atoms with van der Waals surface area (Å²) in [5.74, 6) is 1.25. The molecule has 1 atom stereocenters. The molecule has 0 radical (unpaired) electrons. The molecule has 1 rings (SSSR count). The summed E-state index contributed by atoms with van der Waals surface area (Å²) in [6.07, 6.45) is 1.07. The van der Waals surface area contributed by atoms with Crippen LogP contribution in [0.25, 0.3) is 0 Å². The third kappa shape index (κ3) is 4.78. The van der Waals surface area contributed by atoms with Crippen molar-refractivity contribution in [3.8, 4) is 0 Å². The Balaban J connectivity index is 2.57. The summed E-state index contributed by atoms with van der Waals surface area (Å²) in [5.41, 5.74) is 0.996. The minimum Gasteiger partial charge on any atom is -0.478 e. The number of nitrogens with one attached hydrogen (secondary N) is 1. The maximum absolute atomic E-state index is 10.8. The van der Waals surface area contributed by atoms with Crippen LogP contribution in [0.5, 0.6) is 0 Å². The Kier molecular flexibility index (Phi) is 6.36. The van der Waals surface area contributed by atoms with E-state index in [9.17, 15) is 4.79 Å². The fourth-order valence-electron chi connectivity index (χ4n) is 1.54. The van der Waals surface area contributed by atoms with Crippen LogP contribution in [-0.4, -0.2) is 28.6 Å². The van der Waals surface area contributed by atoms with Gasteiger partial charge in [-0.05, 0) is 43.0 Å². The van der Waals surface area contributed by atoms with E-state index in [0.29, 0.717) is 6.04 Å². The second kappa shape index (κ2) is 7.54. The minimum atomic E-state index is -1.00. The zero-order valence-electron chi connectivity index (χ0n) is 10.6. The second-order valence-electron chi connectivity index (χ2n) is 4.03. The fraction of sp³-hybridized carbons (Fsp3) is 0.462. The lowest BCUT2D eigenvalue weighted by Gasteiger charge is -2.15. The topological polar surface area (TPSA) is 49.3 Å². The first kappa shape index (κ1) is 15.2. The standard InChI is InChI=1S/C13H18ClNO2S/c1-3-18-7-6-9(2)15-10-4-5-11(13(16)17)12(14)8-10/h4-5,8-9,15H,3,6-7H2,1-2H3,(H,16,17). The van der Waals surface area contributed by atoms with Crippen molar-refractivity contribution in [3.05, 3.63) is 28.8 Å². The first-order valence-electron chi connectivity index (χ1n) is 5.91. The maximum atomic E-state index is 10.8. The van der Waals surface area contributed by atoms with Crippen LogP contribution >= 0.6 is 23.4 Å². The Labute approximate surface area is 117 Å². The van der Waals surface area contributed by atoms with Crippen LogP contribution in [0.2, 0.25) is 5.02 Å². The fourth-order valence-corrected chi connectivity index (χ4v) is 2.61. The molecule has 0 aliphatic heterocycles. The highest BCUT2D eigenvalue weighted by atomic mass is 35.5. The Morgan fingerprint density at radius 1 is 1.56 bits per heavy atom. The van der Waals surface area contributed by atoms with Crippen molar-refractivity contribution < 1.29 is 9.90 Å². The zero-order valence-corrected chi connectivity index (χ0v) is 12.1. The highest BCUT2D eigenvalue weighted by Crippen LogP contribution is 2.22. The Morgan fingerprint density at radius 2 is 2.28 bits per heavy atom. The molecule has 0 aromatic heterocycles. The number of aromatic carboxylic acids is 1. The molecule has 3 nitrogen and oxygen atoms in total. The van der Waals surface area contributed by atoms with Crippen LogP contribution in [-0.2, 0) is 0 Å². The Hall–Kier alpha value is -0.870. The normalized spacial score (nSPS) is 12.2. The molecule has 1 aromatic rings. The number of hydrogen-bond donors (Lipinski definition) is 2. The van der Waals surface area contributed by atoms with E-state index in [4.69, 9.17) is 16.7 Å². The summed E-state index contributed by atoms with van der Waals surface area (Å²) < 4.78 is 0. The lowest BCUT2D eigenvalue weighted by Crippen LogP contribution is -2.16. The first-order valence-corrected chi connectivity index (χ1v) is 7.45. The van der Waals surface area contributed by atoms with Crippen LogP contribution in [0.1, 0.15) is 30.6 Å². The molecule has 0 bridgehead atoms. The number of carboxylic acids is 1. The minimum absolute atomic E-state index is 0.136. The molecule has 5 heteroatoms. The average Bonchev–Trinajstić information content (AvgIpc) is 2.28. The molecule has 0 aliphatic rings. The molecule has 0 amide bonds. The average molecular weight is 288 g/mol. The molecule has 0 aliphatic carbocycles. The van der Waals surface area contributed by atoms with Crippen molar-refractivity contribution in [1.82, 2.24) is 0 Å².